The number of benzene rings is 1. The SMILES string of the molecule is CCCCC(=O)NC(=S)Nc1ccc(OCC(C)C)cc1. The van der Waals surface area contributed by atoms with Gasteiger partial charge in [0.15, 0.2) is 5.11 Å². The van der Waals surface area contributed by atoms with Crippen LogP contribution in [-0.2, 0) is 4.79 Å². The van der Waals surface area contributed by atoms with Crippen LogP contribution in [0.4, 0.5) is 5.69 Å². The first-order valence-electron chi connectivity index (χ1n) is 7.35. The maximum absolute atomic E-state index is 11.5. The van der Waals surface area contributed by atoms with Crippen molar-refractivity contribution in [2.24, 2.45) is 5.92 Å². The first kappa shape index (κ1) is 17.4. The molecule has 0 aliphatic heterocycles. The van der Waals surface area contributed by atoms with Gasteiger partial charge in [0.25, 0.3) is 0 Å². The Bertz CT molecular complexity index is 458. The van der Waals surface area contributed by atoms with E-state index >= 15 is 0 Å². The Morgan fingerprint density at radius 1 is 1.29 bits per heavy atom. The molecule has 1 aromatic rings. The van der Waals surface area contributed by atoms with E-state index in [1.54, 1.807) is 0 Å². The summed E-state index contributed by atoms with van der Waals surface area (Å²) in [6.45, 7) is 6.95. The molecular weight excluding hydrogens is 284 g/mol. The average Bonchev–Trinajstić information content (AvgIpc) is 2.44. The van der Waals surface area contributed by atoms with Gasteiger partial charge < -0.3 is 15.4 Å². The van der Waals surface area contributed by atoms with Crippen LogP contribution in [0.25, 0.3) is 0 Å². The maximum Gasteiger partial charge on any atom is 0.226 e. The lowest BCUT2D eigenvalue weighted by molar-refractivity contribution is -0.119. The summed E-state index contributed by atoms with van der Waals surface area (Å²) in [5, 5.41) is 5.98. The summed E-state index contributed by atoms with van der Waals surface area (Å²) in [4.78, 5) is 11.5. The lowest BCUT2D eigenvalue weighted by Crippen LogP contribution is -2.33. The second-order valence-electron chi connectivity index (χ2n) is 5.34. The van der Waals surface area contributed by atoms with E-state index in [0.717, 1.165) is 24.3 Å². The minimum atomic E-state index is -0.0498. The summed E-state index contributed by atoms with van der Waals surface area (Å²) >= 11 is 5.11. The number of carbonyl (C=O) groups is 1. The molecule has 0 bridgehead atoms. The van der Waals surface area contributed by atoms with Crippen LogP contribution in [0, 0.1) is 5.92 Å². The highest BCUT2D eigenvalue weighted by molar-refractivity contribution is 7.80. The van der Waals surface area contributed by atoms with Gasteiger partial charge in [0.2, 0.25) is 5.91 Å². The van der Waals surface area contributed by atoms with Gasteiger partial charge in [-0.1, -0.05) is 27.2 Å². The molecule has 0 aliphatic rings. The lowest BCUT2D eigenvalue weighted by atomic mass is 10.2. The van der Waals surface area contributed by atoms with Gasteiger partial charge in [-0.05, 0) is 48.8 Å². The summed E-state index contributed by atoms with van der Waals surface area (Å²) in [5.74, 6) is 1.27. The van der Waals surface area contributed by atoms with Crippen molar-refractivity contribution in [2.45, 2.75) is 40.0 Å². The molecule has 0 atom stereocenters. The predicted molar refractivity (Wildman–Crippen MR) is 90.7 cm³/mol. The van der Waals surface area contributed by atoms with E-state index in [9.17, 15) is 4.79 Å². The second-order valence-corrected chi connectivity index (χ2v) is 5.74. The number of nitrogens with one attached hydrogen (secondary N) is 2. The van der Waals surface area contributed by atoms with Crippen LogP contribution in [0.2, 0.25) is 0 Å². The van der Waals surface area contributed by atoms with Crippen molar-refractivity contribution in [3.05, 3.63) is 24.3 Å². The van der Waals surface area contributed by atoms with E-state index in [4.69, 9.17) is 17.0 Å². The maximum atomic E-state index is 11.5. The highest BCUT2D eigenvalue weighted by Gasteiger charge is 2.04. The largest absolute Gasteiger partial charge is 0.493 e. The number of hydrogen-bond donors (Lipinski definition) is 2. The number of amides is 1. The van der Waals surface area contributed by atoms with Crippen LogP contribution in [0.3, 0.4) is 0 Å². The number of carbonyl (C=O) groups excluding carboxylic acids is 1. The molecule has 21 heavy (non-hydrogen) atoms. The average molecular weight is 308 g/mol. The zero-order valence-corrected chi connectivity index (χ0v) is 13.8. The van der Waals surface area contributed by atoms with E-state index < -0.39 is 0 Å². The molecule has 4 nitrogen and oxygen atoms in total. The monoisotopic (exact) mass is 308 g/mol. The zero-order valence-electron chi connectivity index (χ0n) is 12.9. The van der Waals surface area contributed by atoms with Crippen molar-refractivity contribution in [3.63, 3.8) is 0 Å². The number of anilines is 1. The number of thiocarbonyl (C=S) groups is 1. The van der Waals surface area contributed by atoms with Gasteiger partial charge in [0, 0.05) is 12.1 Å². The number of rotatable bonds is 7. The molecular formula is C16H24N2O2S. The highest BCUT2D eigenvalue weighted by Crippen LogP contribution is 2.16. The molecule has 1 amide bonds. The third-order valence-electron chi connectivity index (χ3n) is 2.71. The van der Waals surface area contributed by atoms with E-state index in [0.29, 0.717) is 24.1 Å². The Kier molecular flexibility index (Phi) is 7.75. The molecule has 116 valence electrons. The molecule has 1 rings (SSSR count). The fraction of sp³-hybridized carbons (Fsp3) is 0.500. The number of hydrogen-bond acceptors (Lipinski definition) is 3. The van der Waals surface area contributed by atoms with Crippen molar-refractivity contribution < 1.29 is 9.53 Å². The Morgan fingerprint density at radius 3 is 2.52 bits per heavy atom. The Morgan fingerprint density at radius 2 is 1.95 bits per heavy atom. The first-order chi connectivity index (χ1) is 10.0. The van der Waals surface area contributed by atoms with Gasteiger partial charge in [-0.2, -0.15) is 0 Å². The van der Waals surface area contributed by atoms with Crippen molar-refractivity contribution in [2.75, 3.05) is 11.9 Å². The predicted octanol–water partition coefficient (Wildman–Crippen LogP) is 3.72. The van der Waals surface area contributed by atoms with Gasteiger partial charge in [0.05, 0.1) is 6.61 Å². The van der Waals surface area contributed by atoms with Crippen LogP contribution < -0.4 is 15.4 Å². The molecule has 0 aliphatic carbocycles. The fourth-order valence-corrected chi connectivity index (χ4v) is 1.82. The highest BCUT2D eigenvalue weighted by atomic mass is 32.1. The van der Waals surface area contributed by atoms with Crippen molar-refractivity contribution >= 4 is 28.9 Å². The molecule has 0 radical (unpaired) electrons. The molecule has 0 spiro atoms. The van der Waals surface area contributed by atoms with E-state index in [-0.39, 0.29) is 5.91 Å². The topological polar surface area (TPSA) is 50.4 Å². The molecule has 0 unspecified atom stereocenters. The van der Waals surface area contributed by atoms with Crippen LogP contribution in [0.1, 0.15) is 40.0 Å². The lowest BCUT2D eigenvalue weighted by Gasteiger charge is -2.11. The van der Waals surface area contributed by atoms with Crippen molar-refractivity contribution in [1.82, 2.24) is 5.32 Å². The summed E-state index contributed by atoms with van der Waals surface area (Å²) in [5.41, 5.74) is 0.827. The standard InChI is InChI=1S/C16H24N2O2S/c1-4-5-6-15(19)18-16(21)17-13-7-9-14(10-8-13)20-11-12(2)3/h7-10,12H,4-6,11H2,1-3H3,(H2,17,18,19,21). The molecule has 0 fully saturated rings. The smallest absolute Gasteiger partial charge is 0.226 e. The normalized spacial score (nSPS) is 10.3. The zero-order chi connectivity index (χ0) is 15.7. The van der Waals surface area contributed by atoms with E-state index in [1.165, 1.54) is 0 Å². The summed E-state index contributed by atoms with van der Waals surface area (Å²) in [6, 6.07) is 7.51. The van der Waals surface area contributed by atoms with E-state index in [1.807, 2.05) is 31.2 Å². The quantitative estimate of drug-likeness (QED) is 0.754. The number of unbranched alkanes of at least 4 members (excludes halogenated alkanes) is 1. The number of ether oxygens (including phenoxy) is 1. The van der Waals surface area contributed by atoms with Crippen LogP contribution in [0.5, 0.6) is 5.75 Å². The minimum Gasteiger partial charge on any atom is -0.493 e. The third-order valence-corrected chi connectivity index (χ3v) is 2.91. The molecule has 1 aromatic carbocycles. The molecule has 0 heterocycles. The van der Waals surface area contributed by atoms with Gasteiger partial charge in [-0.25, -0.2) is 0 Å². The Labute approximate surface area is 132 Å². The van der Waals surface area contributed by atoms with E-state index in [2.05, 4.69) is 24.5 Å². The molecule has 0 saturated heterocycles. The second kappa shape index (κ2) is 9.34. The van der Waals surface area contributed by atoms with Gasteiger partial charge in [-0.3, -0.25) is 4.79 Å². The Balaban J connectivity index is 2.40. The van der Waals surface area contributed by atoms with Crippen molar-refractivity contribution in [1.29, 1.82) is 0 Å². The van der Waals surface area contributed by atoms with Gasteiger partial charge in [0.1, 0.15) is 5.75 Å². The summed E-state index contributed by atoms with van der Waals surface area (Å²) in [7, 11) is 0. The summed E-state index contributed by atoms with van der Waals surface area (Å²) < 4.78 is 5.61. The van der Waals surface area contributed by atoms with Crippen molar-refractivity contribution in [3.8, 4) is 5.75 Å². The minimum absolute atomic E-state index is 0.0498. The van der Waals surface area contributed by atoms with Gasteiger partial charge in [-0.15, -0.1) is 0 Å². The molecule has 0 aromatic heterocycles. The fourth-order valence-electron chi connectivity index (χ4n) is 1.59. The molecule has 2 N–H and O–H groups in total. The first-order valence-corrected chi connectivity index (χ1v) is 7.75. The van der Waals surface area contributed by atoms with Crippen LogP contribution in [-0.4, -0.2) is 17.6 Å². The van der Waals surface area contributed by atoms with Gasteiger partial charge >= 0.3 is 0 Å². The van der Waals surface area contributed by atoms with Crippen LogP contribution >= 0.6 is 12.2 Å². The molecule has 0 saturated carbocycles. The third kappa shape index (κ3) is 7.66. The summed E-state index contributed by atoms with van der Waals surface area (Å²) in [6.07, 6.45) is 2.36. The van der Waals surface area contributed by atoms with Crippen LogP contribution in [0.15, 0.2) is 24.3 Å². The Hall–Kier alpha value is -1.62. The molecule has 5 heteroatoms.